The van der Waals surface area contributed by atoms with Crippen molar-refractivity contribution in [2.45, 2.75) is 0 Å². The number of anilines is 3. The molecule has 0 atom stereocenters. The van der Waals surface area contributed by atoms with E-state index in [9.17, 15) is 0 Å². The summed E-state index contributed by atoms with van der Waals surface area (Å²) in [7, 11) is 0. The predicted octanol–water partition coefficient (Wildman–Crippen LogP) is 15.3. The molecule has 262 valence electrons. The van der Waals surface area contributed by atoms with Crippen LogP contribution in [0.15, 0.2) is 201 Å². The molecule has 4 nitrogen and oxygen atoms in total. The first kappa shape index (κ1) is 30.9. The summed E-state index contributed by atoms with van der Waals surface area (Å²) in [6.45, 7) is 0. The molecule has 4 heteroatoms. The standard InChI is InChI=1S/C52H31NO3/c1-2-14-35(15-3-1)53(36-28-26-32-12-4-5-13-33(32)30-36)46-24-11-23-45-44-22-10-21-43(51(44)56-52(45)46)42-20-9-19-41-39-29-27-34(31-48(39)55-50(41)42)37-17-8-18-40-38-16-6-7-25-47(38)54-49(37)40/h1-31H. The highest BCUT2D eigenvalue weighted by atomic mass is 16.3. The lowest BCUT2D eigenvalue weighted by atomic mass is 9.99. The van der Waals surface area contributed by atoms with Crippen molar-refractivity contribution in [2.75, 3.05) is 4.90 Å². The Kier molecular flexibility index (Phi) is 6.60. The Morgan fingerprint density at radius 2 is 0.875 bits per heavy atom. The first-order valence-corrected chi connectivity index (χ1v) is 18.9. The molecule has 0 aliphatic heterocycles. The van der Waals surface area contributed by atoms with Gasteiger partial charge in [0.05, 0.1) is 5.69 Å². The molecule has 9 aromatic carbocycles. The van der Waals surface area contributed by atoms with E-state index >= 15 is 0 Å². The number of hydrogen-bond donors (Lipinski definition) is 0. The third-order valence-electron chi connectivity index (χ3n) is 11.3. The zero-order chi connectivity index (χ0) is 36.7. The number of para-hydroxylation sites is 6. The van der Waals surface area contributed by atoms with Crippen molar-refractivity contribution in [3.63, 3.8) is 0 Å². The van der Waals surface area contributed by atoms with Crippen LogP contribution < -0.4 is 4.90 Å². The van der Waals surface area contributed by atoms with Gasteiger partial charge < -0.3 is 18.2 Å². The first-order valence-electron chi connectivity index (χ1n) is 18.9. The number of nitrogens with zero attached hydrogens (tertiary/aromatic N) is 1. The van der Waals surface area contributed by atoms with Gasteiger partial charge in [0.15, 0.2) is 5.58 Å². The zero-order valence-electron chi connectivity index (χ0n) is 30.1. The second-order valence-corrected chi connectivity index (χ2v) is 14.4. The highest BCUT2D eigenvalue weighted by molar-refractivity contribution is 6.17. The second-order valence-electron chi connectivity index (χ2n) is 14.4. The van der Waals surface area contributed by atoms with E-state index in [0.717, 1.165) is 105 Å². The Bertz CT molecular complexity index is 3500. The quantitative estimate of drug-likeness (QED) is 0.178. The van der Waals surface area contributed by atoms with Crippen LogP contribution in [0, 0.1) is 0 Å². The van der Waals surface area contributed by atoms with Gasteiger partial charge in [0.1, 0.15) is 27.9 Å². The fraction of sp³-hybridized carbons (Fsp3) is 0. The largest absolute Gasteiger partial charge is 0.455 e. The zero-order valence-corrected chi connectivity index (χ0v) is 30.1. The van der Waals surface area contributed by atoms with E-state index in [4.69, 9.17) is 13.3 Å². The summed E-state index contributed by atoms with van der Waals surface area (Å²) in [4.78, 5) is 2.29. The number of fused-ring (bicyclic) bond motifs is 10. The van der Waals surface area contributed by atoms with Gasteiger partial charge in [-0.05, 0) is 64.9 Å². The Labute approximate surface area is 321 Å². The second kappa shape index (κ2) is 12.0. The summed E-state index contributed by atoms with van der Waals surface area (Å²) in [5.74, 6) is 0. The van der Waals surface area contributed by atoms with Gasteiger partial charge in [-0.25, -0.2) is 0 Å². The van der Waals surface area contributed by atoms with Crippen LogP contribution >= 0.6 is 0 Å². The van der Waals surface area contributed by atoms with E-state index in [2.05, 4.69) is 181 Å². The Morgan fingerprint density at radius 1 is 0.304 bits per heavy atom. The van der Waals surface area contributed by atoms with Gasteiger partial charge in [-0.2, -0.15) is 0 Å². The molecular weight excluding hydrogens is 687 g/mol. The van der Waals surface area contributed by atoms with Crippen molar-refractivity contribution in [1.29, 1.82) is 0 Å². The van der Waals surface area contributed by atoms with E-state index in [1.54, 1.807) is 0 Å². The van der Waals surface area contributed by atoms with Gasteiger partial charge in [-0.15, -0.1) is 0 Å². The lowest BCUT2D eigenvalue weighted by Gasteiger charge is -2.25. The maximum absolute atomic E-state index is 7.05. The maximum Gasteiger partial charge on any atom is 0.159 e. The lowest BCUT2D eigenvalue weighted by molar-refractivity contribution is 0.665. The van der Waals surface area contributed by atoms with E-state index in [0.29, 0.717) is 0 Å². The molecule has 56 heavy (non-hydrogen) atoms. The predicted molar refractivity (Wildman–Crippen MR) is 231 cm³/mol. The SMILES string of the molecule is c1ccc(N(c2ccc3ccccc3c2)c2cccc3c2oc2c(-c4cccc5c4oc4cc(-c6cccc7c6oc6ccccc67)ccc45)cccc23)cc1. The normalized spacial score (nSPS) is 11.9. The molecule has 3 aromatic heterocycles. The molecule has 0 saturated carbocycles. The third kappa shape index (κ3) is 4.60. The molecule has 0 spiro atoms. The van der Waals surface area contributed by atoms with Crippen LogP contribution in [0.5, 0.6) is 0 Å². The molecule has 0 bridgehead atoms. The minimum atomic E-state index is 0.825. The smallest absolute Gasteiger partial charge is 0.159 e. The van der Waals surface area contributed by atoms with Crippen LogP contribution in [0.1, 0.15) is 0 Å². The van der Waals surface area contributed by atoms with Gasteiger partial charge in [-0.1, -0.05) is 140 Å². The monoisotopic (exact) mass is 717 g/mol. The molecule has 0 amide bonds. The Balaban J connectivity index is 1.03. The van der Waals surface area contributed by atoms with Crippen molar-refractivity contribution in [1.82, 2.24) is 0 Å². The fourth-order valence-corrected chi connectivity index (χ4v) is 8.67. The van der Waals surface area contributed by atoms with Gasteiger partial charge in [0.25, 0.3) is 0 Å². The molecule has 0 unspecified atom stereocenters. The summed E-state index contributed by atoms with van der Waals surface area (Å²) >= 11 is 0. The van der Waals surface area contributed by atoms with Crippen molar-refractivity contribution in [3.05, 3.63) is 188 Å². The average Bonchev–Trinajstić information content (AvgIpc) is 3.96. The molecule has 0 radical (unpaired) electrons. The fourth-order valence-electron chi connectivity index (χ4n) is 8.67. The van der Waals surface area contributed by atoms with Crippen molar-refractivity contribution >= 4 is 93.7 Å². The third-order valence-corrected chi connectivity index (χ3v) is 11.3. The molecule has 0 saturated heterocycles. The topological polar surface area (TPSA) is 42.7 Å². The van der Waals surface area contributed by atoms with Gasteiger partial charge in [-0.3, -0.25) is 0 Å². The summed E-state index contributed by atoms with van der Waals surface area (Å²) in [5.41, 5.74) is 12.2. The van der Waals surface area contributed by atoms with Gasteiger partial charge in [0, 0.05) is 60.4 Å². The summed E-state index contributed by atoms with van der Waals surface area (Å²) < 4.78 is 20.3. The van der Waals surface area contributed by atoms with Crippen LogP contribution in [-0.4, -0.2) is 0 Å². The molecule has 3 heterocycles. The van der Waals surface area contributed by atoms with Crippen LogP contribution in [0.3, 0.4) is 0 Å². The number of furan rings is 3. The van der Waals surface area contributed by atoms with E-state index in [1.807, 2.05) is 12.1 Å². The van der Waals surface area contributed by atoms with Crippen LogP contribution in [-0.2, 0) is 0 Å². The van der Waals surface area contributed by atoms with E-state index in [1.165, 1.54) is 10.8 Å². The summed E-state index contributed by atoms with van der Waals surface area (Å²) in [6.07, 6.45) is 0. The Morgan fingerprint density at radius 3 is 1.68 bits per heavy atom. The van der Waals surface area contributed by atoms with Gasteiger partial charge in [0.2, 0.25) is 0 Å². The highest BCUT2D eigenvalue weighted by Crippen LogP contribution is 2.46. The molecule has 12 aromatic rings. The molecule has 0 N–H and O–H groups in total. The minimum Gasteiger partial charge on any atom is -0.455 e. The molecule has 0 aliphatic carbocycles. The van der Waals surface area contributed by atoms with Crippen molar-refractivity contribution in [3.8, 4) is 22.3 Å². The molecule has 12 rings (SSSR count). The minimum absolute atomic E-state index is 0.825. The van der Waals surface area contributed by atoms with Crippen LogP contribution in [0.25, 0.3) is 98.8 Å². The highest BCUT2D eigenvalue weighted by Gasteiger charge is 2.23. The number of rotatable bonds is 5. The molecule has 0 fully saturated rings. The summed E-state index contributed by atoms with van der Waals surface area (Å²) in [5, 5.41) is 8.85. The van der Waals surface area contributed by atoms with Crippen molar-refractivity contribution in [2.24, 2.45) is 0 Å². The van der Waals surface area contributed by atoms with Crippen LogP contribution in [0.2, 0.25) is 0 Å². The number of benzene rings is 9. The summed E-state index contributed by atoms with van der Waals surface area (Å²) in [6, 6.07) is 65.9. The van der Waals surface area contributed by atoms with E-state index < -0.39 is 0 Å². The van der Waals surface area contributed by atoms with Crippen molar-refractivity contribution < 1.29 is 13.3 Å². The van der Waals surface area contributed by atoms with E-state index in [-0.39, 0.29) is 0 Å². The number of hydrogen-bond acceptors (Lipinski definition) is 4. The van der Waals surface area contributed by atoms with Gasteiger partial charge >= 0.3 is 0 Å². The average molecular weight is 718 g/mol. The molecular formula is C52H31NO3. The molecule has 0 aliphatic rings. The van der Waals surface area contributed by atoms with Crippen LogP contribution in [0.4, 0.5) is 17.1 Å². The lowest BCUT2D eigenvalue weighted by Crippen LogP contribution is -2.10. The first-order chi connectivity index (χ1) is 27.8. The maximum atomic E-state index is 7.05. The Hall–Kier alpha value is -7.56.